The maximum atomic E-state index is 13.9. The third kappa shape index (κ3) is 7.38. The molecule has 0 atom stereocenters. The summed E-state index contributed by atoms with van der Waals surface area (Å²) in [5.41, 5.74) is 1.34. The lowest BCUT2D eigenvalue weighted by Gasteiger charge is -2.40. The van der Waals surface area contributed by atoms with E-state index >= 15 is 0 Å². The smallest absolute Gasteiger partial charge is 0.405 e. The zero-order valence-electron chi connectivity index (χ0n) is 28.7. The minimum absolute atomic E-state index is 0.0287. The van der Waals surface area contributed by atoms with Gasteiger partial charge in [-0.1, -0.05) is 61.7 Å². The molecule has 1 N–H and O–H groups in total. The number of benzene rings is 2. The number of piperazine rings is 1. The van der Waals surface area contributed by atoms with Crippen molar-refractivity contribution in [1.82, 2.24) is 20.1 Å². The second-order valence-electron chi connectivity index (χ2n) is 13.6. The maximum Gasteiger partial charge on any atom is 0.405 e. The number of aromatic nitrogens is 1. The summed E-state index contributed by atoms with van der Waals surface area (Å²) in [6.07, 6.45) is 5.39. The second-order valence-corrected chi connectivity index (χ2v) is 13.6. The number of carbonyl (C=O) groups excluding carboxylic acids is 2. The van der Waals surface area contributed by atoms with Crippen LogP contribution in [0.1, 0.15) is 72.0 Å². The van der Waals surface area contributed by atoms with Crippen molar-refractivity contribution in [2.24, 2.45) is 0 Å². The minimum atomic E-state index is -4.54. The quantitative estimate of drug-likeness (QED) is 0.218. The zero-order valence-corrected chi connectivity index (χ0v) is 28.7. The van der Waals surface area contributed by atoms with Crippen molar-refractivity contribution in [2.45, 2.75) is 69.5 Å². The lowest BCUT2D eigenvalue weighted by atomic mass is 9.68. The van der Waals surface area contributed by atoms with Crippen LogP contribution in [-0.4, -0.2) is 84.6 Å². The molecule has 1 aliphatic carbocycles. The first kappa shape index (κ1) is 35.4. The molecule has 1 aromatic heterocycles. The number of nitrogens with one attached hydrogen (secondary N) is 1. The van der Waals surface area contributed by atoms with Crippen LogP contribution in [-0.2, 0) is 10.2 Å². The van der Waals surface area contributed by atoms with E-state index in [0.717, 1.165) is 50.2 Å². The molecule has 3 aromatic rings. The Bertz CT molecular complexity index is 1640. The zero-order chi connectivity index (χ0) is 35.3. The molecule has 0 unspecified atom stereocenters. The van der Waals surface area contributed by atoms with Gasteiger partial charge in [0.05, 0.1) is 0 Å². The lowest BCUT2D eigenvalue weighted by molar-refractivity contribution is -0.141. The van der Waals surface area contributed by atoms with Crippen LogP contribution in [0, 0.1) is 6.92 Å². The van der Waals surface area contributed by atoms with E-state index in [1.807, 2.05) is 17.9 Å². The molecule has 1 saturated heterocycles. The van der Waals surface area contributed by atoms with Crippen LogP contribution in [0.3, 0.4) is 0 Å². The summed E-state index contributed by atoms with van der Waals surface area (Å²) in [7, 11) is 0. The van der Waals surface area contributed by atoms with Gasteiger partial charge in [-0.15, -0.1) is 6.58 Å². The number of hydrogen-bond donors (Lipinski definition) is 1. The molecule has 3 heterocycles. The summed E-state index contributed by atoms with van der Waals surface area (Å²) in [6, 6.07) is 16.3. The van der Waals surface area contributed by atoms with Crippen molar-refractivity contribution >= 4 is 17.6 Å². The monoisotopic (exact) mass is 689 g/mol. The molecule has 266 valence electrons. The Morgan fingerprint density at radius 1 is 1.00 bits per heavy atom. The van der Waals surface area contributed by atoms with E-state index in [0.29, 0.717) is 67.2 Å². The van der Waals surface area contributed by atoms with Crippen LogP contribution in [0.2, 0.25) is 0 Å². The van der Waals surface area contributed by atoms with Crippen molar-refractivity contribution < 1.29 is 27.5 Å². The first-order valence-corrected chi connectivity index (χ1v) is 17.7. The molecule has 11 heteroatoms. The van der Waals surface area contributed by atoms with Gasteiger partial charge in [0.15, 0.2) is 0 Å². The molecule has 6 rings (SSSR count). The third-order valence-corrected chi connectivity index (χ3v) is 10.5. The van der Waals surface area contributed by atoms with E-state index in [1.165, 1.54) is 6.42 Å². The molecule has 3 aliphatic rings. The van der Waals surface area contributed by atoms with E-state index in [4.69, 9.17) is 9.72 Å². The first-order valence-electron chi connectivity index (χ1n) is 17.7. The molecule has 2 fully saturated rings. The molecule has 0 radical (unpaired) electrons. The highest BCUT2D eigenvalue weighted by Crippen LogP contribution is 2.50. The van der Waals surface area contributed by atoms with Crippen LogP contribution < -0.4 is 15.0 Å². The summed E-state index contributed by atoms with van der Waals surface area (Å²) in [6.45, 7) is 8.56. The number of nitrogens with zero attached hydrogens (tertiary/aromatic N) is 4. The summed E-state index contributed by atoms with van der Waals surface area (Å²) in [4.78, 5) is 39.0. The number of ether oxygens (including phenoxy) is 1. The number of carbonyl (C=O) groups is 2. The SMILES string of the molecule is C=CCN(C(=O)c1ccnc(N2CCN(CCCC3(C(=O)NCC(F)(F)F)c4ccccc4Oc4ccccc43)CC2)c1C)C1CCCCC1. The first-order chi connectivity index (χ1) is 24.1. The number of halogens is 3. The highest BCUT2D eigenvalue weighted by molar-refractivity contribution is 5.97. The lowest BCUT2D eigenvalue weighted by Crippen LogP contribution is -2.50. The fourth-order valence-corrected chi connectivity index (χ4v) is 7.95. The standard InChI is InChI=1S/C39H46F3N5O3/c1-3-21-47(29-12-5-4-6-13-29)36(48)30-18-20-43-35(28(30)2)46-25-23-45(24-26-46)22-11-19-38(37(49)44-27-39(40,41)42)31-14-7-9-16-33(31)50-34-17-10-8-15-32(34)38/h3,7-10,14-18,20,29H,1,4-6,11-13,19,21-27H2,2H3,(H,44,49). The Balaban J connectivity index is 1.14. The number of hydrogen-bond acceptors (Lipinski definition) is 6. The number of amides is 2. The third-order valence-electron chi connectivity index (χ3n) is 10.5. The number of rotatable bonds is 11. The topological polar surface area (TPSA) is 78.0 Å². The van der Waals surface area contributed by atoms with Gasteiger partial charge in [-0.2, -0.15) is 13.2 Å². The van der Waals surface area contributed by atoms with Gasteiger partial charge in [-0.05, 0) is 57.4 Å². The predicted molar refractivity (Wildman–Crippen MR) is 188 cm³/mol. The summed E-state index contributed by atoms with van der Waals surface area (Å²) < 4.78 is 46.0. The van der Waals surface area contributed by atoms with Crippen LogP contribution in [0.15, 0.2) is 73.4 Å². The molecule has 2 amide bonds. The van der Waals surface area contributed by atoms with Gasteiger partial charge in [0, 0.05) is 67.2 Å². The highest BCUT2D eigenvalue weighted by Gasteiger charge is 2.48. The van der Waals surface area contributed by atoms with Crippen LogP contribution >= 0.6 is 0 Å². The molecule has 0 spiro atoms. The number of fused-ring (bicyclic) bond motifs is 2. The van der Waals surface area contributed by atoms with Crippen molar-refractivity contribution in [3.63, 3.8) is 0 Å². The average molecular weight is 690 g/mol. The van der Waals surface area contributed by atoms with Gasteiger partial charge in [-0.3, -0.25) is 14.5 Å². The fourth-order valence-electron chi connectivity index (χ4n) is 7.95. The second kappa shape index (κ2) is 15.2. The van der Waals surface area contributed by atoms with Crippen LogP contribution in [0.25, 0.3) is 0 Å². The van der Waals surface area contributed by atoms with Gasteiger partial charge in [0.25, 0.3) is 5.91 Å². The number of alkyl halides is 3. The van der Waals surface area contributed by atoms with Gasteiger partial charge < -0.3 is 19.9 Å². The Morgan fingerprint density at radius 3 is 2.26 bits per heavy atom. The van der Waals surface area contributed by atoms with Crippen molar-refractivity contribution in [1.29, 1.82) is 0 Å². The number of pyridine rings is 1. The maximum absolute atomic E-state index is 13.9. The summed E-state index contributed by atoms with van der Waals surface area (Å²) in [5, 5.41) is 2.20. The molecular formula is C39H46F3N5O3. The molecule has 2 aromatic carbocycles. The van der Waals surface area contributed by atoms with Gasteiger partial charge in [0.1, 0.15) is 29.3 Å². The summed E-state index contributed by atoms with van der Waals surface area (Å²) in [5.74, 6) is 1.09. The van der Waals surface area contributed by atoms with Gasteiger partial charge in [0.2, 0.25) is 5.91 Å². The Kier molecular flexibility index (Phi) is 10.8. The van der Waals surface area contributed by atoms with Gasteiger partial charge in [-0.25, -0.2) is 4.98 Å². The van der Waals surface area contributed by atoms with Crippen LogP contribution in [0.5, 0.6) is 11.5 Å². The van der Waals surface area contributed by atoms with Crippen molar-refractivity contribution in [3.05, 3.63) is 95.7 Å². The van der Waals surface area contributed by atoms with Crippen LogP contribution in [0.4, 0.5) is 19.0 Å². The molecular weight excluding hydrogens is 643 g/mol. The molecule has 2 aliphatic heterocycles. The fraction of sp³-hybridized carbons (Fsp3) is 0.462. The highest BCUT2D eigenvalue weighted by atomic mass is 19.4. The van der Waals surface area contributed by atoms with E-state index in [-0.39, 0.29) is 11.9 Å². The molecule has 1 saturated carbocycles. The Labute approximate surface area is 292 Å². The Hall–Kier alpha value is -4.38. The van der Waals surface area contributed by atoms with E-state index in [1.54, 1.807) is 60.8 Å². The summed E-state index contributed by atoms with van der Waals surface area (Å²) >= 11 is 0. The largest absolute Gasteiger partial charge is 0.457 e. The van der Waals surface area contributed by atoms with Gasteiger partial charge >= 0.3 is 6.18 Å². The normalized spacial score (nSPS) is 17.6. The van der Waals surface area contributed by atoms with Crippen molar-refractivity contribution in [3.8, 4) is 11.5 Å². The number of anilines is 1. The van der Waals surface area contributed by atoms with E-state index < -0.39 is 24.0 Å². The van der Waals surface area contributed by atoms with E-state index in [9.17, 15) is 22.8 Å². The molecule has 50 heavy (non-hydrogen) atoms. The molecule has 0 bridgehead atoms. The predicted octanol–water partition coefficient (Wildman–Crippen LogP) is 7.02. The van der Waals surface area contributed by atoms with E-state index in [2.05, 4.69) is 21.7 Å². The van der Waals surface area contributed by atoms with Crippen molar-refractivity contribution in [2.75, 3.05) is 50.7 Å². The number of para-hydroxylation sites is 2. The minimum Gasteiger partial charge on any atom is -0.457 e. The average Bonchev–Trinajstić information content (AvgIpc) is 3.13. The Morgan fingerprint density at radius 2 is 1.64 bits per heavy atom. The molecule has 8 nitrogen and oxygen atoms in total.